The normalized spacial score (nSPS) is 32.4. The van der Waals surface area contributed by atoms with Crippen LogP contribution >= 0.6 is 0 Å². The molecule has 2 aromatic rings. The Morgan fingerprint density at radius 1 is 1.00 bits per heavy atom. The van der Waals surface area contributed by atoms with Crippen LogP contribution < -0.4 is 0 Å². The van der Waals surface area contributed by atoms with E-state index in [1.807, 2.05) is 30.3 Å². The van der Waals surface area contributed by atoms with Crippen molar-refractivity contribution in [2.24, 2.45) is 34.2 Å². The summed E-state index contributed by atoms with van der Waals surface area (Å²) < 4.78 is 0. The van der Waals surface area contributed by atoms with Crippen molar-refractivity contribution in [3.05, 3.63) is 54.1 Å². The van der Waals surface area contributed by atoms with E-state index in [4.69, 9.17) is 0 Å². The van der Waals surface area contributed by atoms with Gasteiger partial charge in [-0.15, -0.1) is 0 Å². The summed E-state index contributed by atoms with van der Waals surface area (Å²) in [5.41, 5.74) is 0.704. The van der Waals surface area contributed by atoms with Crippen molar-refractivity contribution in [1.82, 2.24) is 5.01 Å². The fourth-order valence-electron chi connectivity index (χ4n) is 5.71. The Bertz CT molecular complexity index is 1050. The number of amides is 2. The molecule has 1 heterocycles. The van der Waals surface area contributed by atoms with E-state index in [1.54, 1.807) is 6.07 Å². The summed E-state index contributed by atoms with van der Waals surface area (Å²) in [6.45, 7) is 0. The van der Waals surface area contributed by atoms with Gasteiger partial charge >= 0.3 is 0 Å². The van der Waals surface area contributed by atoms with Gasteiger partial charge in [0.05, 0.1) is 18.1 Å². The minimum Gasteiger partial charge on any atom is -0.507 e. The topological polar surface area (TPSA) is 70.0 Å². The van der Waals surface area contributed by atoms with Gasteiger partial charge in [-0.1, -0.05) is 42.5 Å². The van der Waals surface area contributed by atoms with E-state index in [-0.39, 0.29) is 46.7 Å². The Labute approximate surface area is 156 Å². The fourth-order valence-corrected chi connectivity index (χ4v) is 5.71. The number of imide groups is 1. The van der Waals surface area contributed by atoms with Crippen LogP contribution in [-0.4, -0.2) is 28.1 Å². The molecule has 2 amide bonds. The van der Waals surface area contributed by atoms with Crippen LogP contribution in [0.4, 0.5) is 0 Å². The minimum atomic E-state index is -0.256. The monoisotopic (exact) mass is 358 g/mol. The zero-order chi connectivity index (χ0) is 18.3. The van der Waals surface area contributed by atoms with Gasteiger partial charge in [-0.05, 0) is 46.9 Å². The van der Waals surface area contributed by atoms with Crippen LogP contribution in [-0.2, 0) is 9.59 Å². The van der Waals surface area contributed by atoms with E-state index in [9.17, 15) is 14.7 Å². The van der Waals surface area contributed by atoms with Gasteiger partial charge in [0, 0.05) is 5.56 Å². The highest BCUT2D eigenvalue weighted by molar-refractivity contribution is 6.08. The van der Waals surface area contributed by atoms with E-state index < -0.39 is 0 Å². The SMILES string of the molecule is O=C1[C@@H]2[C@@H](C(=O)N1/N=C\c1c(O)ccc3ccccc13)[C@H]1C=C[C@H]2C12CC2. The van der Waals surface area contributed by atoms with E-state index in [2.05, 4.69) is 17.3 Å². The van der Waals surface area contributed by atoms with Gasteiger partial charge in [0.1, 0.15) is 5.75 Å². The standard InChI is InChI=1S/C22H18N2O3/c25-17-8-5-12-3-1-2-4-13(12)14(17)11-23-24-20(26)18-15-6-7-16(19(18)21(24)27)22(15)9-10-22/h1-8,11,15-16,18-19,25H,9-10H2/b23-11-/t15-,16-,18+,19+/m1/s1. The average Bonchev–Trinajstić information content (AvgIpc) is 3.28. The molecule has 2 saturated carbocycles. The molecule has 3 aliphatic carbocycles. The number of carbonyl (C=O) groups is 2. The first-order valence-corrected chi connectivity index (χ1v) is 9.43. The van der Waals surface area contributed by atoms with Gasteiger partial charge in [0.25, 0.3) is 11.8 Å². The molecule has 0 aromatic heterocycles. The smallest absolute Gasteiger partial charge is 0.254 e. The molecule has 0 radical (unpaired) electrons. The molecule has 2 aromatic carbocycles. The Morgan fingerprint density at radius 2 is 1.67 bits per heavy atom. The summed E-state index contributed by atoms with van der Waals surface area (Å²) in [7, 11) is 0. The molecular weight excluding hydrogens is 340 g/mol. The summed E-state index contributed by atoms with van der Waals surface area (Å²) in [5, 5.41) is 17.3. The number of rotatable bonds is 2. The maximum Gasteiger partial charge on any atom is 0.254 e. The number of phenols is 1. The molecule has 3 fully saturated rings. The number of nitrogens with zero attached hydrogens (tertiary/aromatic N) is 2. The third kappa shape index (κ3) is 1.77. The Balaban J connectivity index is 1.37. The number of phenolic OH excluding ortho intramolecular Hbond substituents is 1. The average molecular weight is 358 g/mol. The van der Waals surface area contributed by atoms with Crippen molar-refractivity contribution in [3.63, 3.8) is 0 Å². The highest BCUT2D eigenvalue weighted by Gasteiger charge is 2.73. The summed E-state index contributed by atoms with van der Waals surface area (Å²) in [4.78, 5) is 25.9. The first-order chi connectivity index (χ1) is 13.1. The number of hydrogen-bond acceptors (Lipinski definition) is 4. The number of hydrazone groups is 1. The summed E-state index contributed by atoms with van der Waals surface area (Å²) >= 11 is 0. The Kier molecular flexibility index (Phi) is 2.72. The maximum atomic E-state index is 13.0. The highest BCUT2D eigenvalue weighted by atomic mass is 16.3. The quantitative estimate of drug-likeness (QED) is 0.510. The zero-order valence-corrected chi connectivity index (χ0v) is 14.6. The molecule has 5 nitrogen and oxygen atoms in total. The molecule has 4 atom stereocenters. The second-order valence-corrected chi connectivity index (χ2v) is 8.17. The summed E-state index contributed by atoms with van der Waals surface area (Å²) in [6.07, 6.45) is 7.98. The lowest BCUT2D eigenvalue weighted by atomic mass is 9.85. The van der Waals surface area contributed by atoms with Crippen LogP contribution in [0, 0.1) is 29.1 Å². The molecule has 1 spiro atoms. The first kappa shape index (κ1) is 15.1. The third-order valence-corrected chi connectivity index (χ3v) is 7.08. The lowest BCUT2D eigenvalue weighted by Crippen LogP contribution is -2.30. The second kappa shape index (κ2) is 4.85. The number of hydrogen-bond donors (Lipinski definition) is 1. The molecule has 0 unspecified atom stereocenters. The van der Waals surface area contributed by atoms with Gasteiger partial charge in [-0.3, -0.25) is 9.59 Å². The van der Waals surface area contributed by atoms with E-state index in [1.165, 1.54) is 6.21 Å². The van der Waals surface area contributed by atoms with Crippen LogP contribution in [0.3, 0.4) is 0 Å². The van der Waals surface area contributed by atoms with Crippen LogP contribution in [0.2, 0.25) is 0 Å². The van der Waals surface area contributed by atoms with Crippen molar-refractivity contribution < 1.29 is 14.7 Å². The zero-order valence-electron chi connectivity index (χ0n) is 14.6. The predicted molar refractivity (Wildman–Crippen MR) is 99.8 cm³/mol. The number of allylic oxidation sites excluding steroid dienone is 2. The Morgan fingerprint density at radius 3 is 2.33 bits per heavy atom. The van der Waals surface area contributed by atoms with Gasteiger partial charge in [-0.2, -0.15) is 10.1 Å². The van der Waals surface area contributed by atoms with Crippen molar-refractivity contribution >= 4 is 28.8 Å². The molecule has 6 rings (SSSR count). The molecular formula is C22H18N2O3. The largest absolute Gasteiger partial charge is 0.507 e. The maximum absolute atomic E-state index is 13.0. The van der Waals surface area contributed by atoms with Gasteiger partial charge in [0.2, 0.25) is 0 Å². The Hall–Kier alpha value is -2.95. The lowest BCUT2D eigenvalue weighted by Gasteiger charge is -2.18. The highest BCUT2D eigenvalue weighted by Crippen LogP contribution is 2.73. The minimum absolute atomic E-state index is 0.0791. The van der Waals surface area contributed by atoms with Crippen molar-refractivity contribution in [2.75, 3.05) is 0 Å². The van der Waals surface area contributed by atoms with Crippen LogP contribution in [0.25, 0.3) is 10.8 Å². The number of carbonyl (C=O) groups excluding carboxylic acids is 2. The molecule has 5 heteroatoms. The van der Waals surface area contributed by atoms with Crippen molar-refractivity contribution in [1.29, 1.82) is 0 Å². The van der Waals surface area contributed by atoms with Crippen molar-refractivity contribution in [3.8, 4) is 5.75 Å². The molecule has 1 saturated heterocycles. The summed E-state index contributed by atoms with van der Waals surface area (Å²) in [5.74, 6) is -0.435. The van der Waals surface area contributed by atoms with Crippen LogP contribution in [0.1, 0.15) is 18.4 Å². The lowest BCUT2D eigenvalue weighted by molar-refractivity contribution is -0.141. The van der Waals surface area contributed by atoms with Gasteiger partial charge in [-0.25, -0.2) is 0 Å². The number of aromatic hydroxyl groups is 1. The predicted octanol–water partition coefficient (Wildman–Crippen LogP) is 3.08. The van der Waals surface area contributed by atoms with Crippen molar-refractivity contribution in [2.45, 2.75) is 12.8 Å². The first-order valence-electron chi connectivity index (χ1n) is 9.43. The van der Waals surface area contributed by atoms with Crippen LogP contribution in [0.15, 0.2) is 53.7 Å². The third-order valence-electron chi connectivity index (χ3n) is 7.08. The summed E-state index contributed by atoms with van der Waals surface area (Å²) in [6, 6.07) is 11.1. The fraction of sp³-hybridized carbons (Fsp3) is 0.318. The van der Waals surface area contributed by atoms with Gasteiger partial charge in [0.15, 0.2) is 0 Å². The van der Waals surface area contributed by atoms with Crippen LogP contribution in [0.5, 0.6) is 5.75 Å². The number of benzene rings is 2. The second-order valence-electron chi connectivity index (χ2n) is 8.17. The van der Waals surface area contributed by atoms with Gasteiger partial charge < -0.3 is 5.11 Å². The molecule has 27 heavy (non-hydrogen) atoms. The molecule has 1 N–H and O–H groups in total. The molecule has 134 valence electrons. The van der Waals surface area contributed by atoms with E-state index in [0.717, 1.165) is 28.6 Å². The molecule has 4 aliphatic rings. The van der Waals surface area contributed by atoms with E-state index >= 15 is 0 Å². The van der Waals surface area contributed by atoms with E-state index in [0.29, 0.717) is 5.56 Å². The molecule has 1 aliphatic heterocycles. The molecule has 2 bridgehead atoms. The number of fused-ring (bicyclic) bond motifs is 4.